The fourth-order valence-corrected chi connectivity index (χ4v) is 4.39. The molecule has 0 bridgehead atoms. The van der Waals surface area contributed by atoms with Crippen molar-refractivity contribution in [1.29, 1.82) is 0 Å². The van der Waals surface area contributed by atoms with Crippen LogP contribution in [0.25, 0.3) is 0 Å². The van der Waals surface area contributed by atoms with E-state index in [1.165, 1.54) is 6.42 Å². The van der Waals surface area contributed by atoms with Crippen LogP contribution in [0.1, 0.15) is 26.7 Å². The third-order valence-corrected chi connectivity index (χ3v) is 5.67. The summed E-state index contributed by atoms with van der Waals surface area (Å²) in [7, 11) is 0. The Hall–Kier alpha value is -0.700. The second-order valence-corrected chi connectivity index (χ2v) is 8.34. The largest absolute Gasteiger partial charge is 0.341 e. The lowest BCUT2D eigenvalue weighted by molar-refractivity contribution is -0.138. The van der Waals surface area contributed by atoms with Crippen LogP contribution in [-0.4, -0.2) is 90.8 Å². The molecule has 0 aliphatic carbocycles. The molecule has 2 amide bonds. The van der Waals surface area contributed by atoms with Crippen molar-refractivity contribution in [3.05, 3.63) is 0 Å². The standard InChI is InChI=1S/C18H30F2N4O2.2ClH/c1-13-7-14(2)10-24(9-13)16(25)11-22-3-5-23(6-4-22)17(26)15-8-18(19,20)12-21-15;;/h13-15,21H,3-12H2,1-2H3;2*1H. The number of piperazine rings is 1. The minimum atomic E-state index is -2.79. The molecule has 3 unspecified atom stereocenters. The van der Waals surface area contributed by atoms with Crippen molar-refractivity contribution in [1.82, 2.24) is 20.0 Å². The molecular formula is C18H32Cl2F2N4O2. The van der Waals surface area contributed by atoms with Crippen LogP contribution in [0.2, 0.25) is 0 Å². The number of carbonyl (C=O) groups is 2. The lowest BCUT2D eigenvalue weighted by Gasteiger charge is -2.38. The molecule has 6 nitrogen and oxygen atoms in total. The highest BCUT2D eigenvalue weighted by molar-refractivity contribution is 5.85. The molecule has 3 aliphatic heterocycles. The van der Waals surface area contributed by atoms with E-state index in [-0.39, 0.29) is 36.6 Å². The second-order valence-electron chi connectivity index (χ2n) is 8.34. The molecule has 0 radical (unpaired) electrons. The normalized spacial score (nSPS) is 30.4. The van der Waals surface area contributed by atoms with Gasteiger partial charge in [-0.15, -0.1) is 24.8 Å². The second kappa shape index (κ2) is 10.4. The Balaban J connectivity index is 0.00000196. The number of carbonyl (C=O) groups excluding carboxylic acids is 2. The highest BCUT2D eigenvalue weighted by Gasteiger charge is 2.43. The average Bonchev–Trinajstić information content (AvgIpc) is 2.94. The smallest absolute Gasteiger partial charge is 0.262 e. The third kappa shape index (κ3) is 6.40. The summed E-state index contributed by atoms with van der Waals surface area (Å²) < 4.78 is 26.6. The molecule has 3 fully saturated rings. The highest BCUT2D eigenvalue weighted by Crippen LogP contribution is 2.26. The van der Waals surface area contributed by atoms with Crippen molar-refractivity contribution in [3.63, 3.8) is 0 Å². The van der Waals surface area contributed by atoms with Gasteiger partial charge in [-0.05, 0) is 18.3 Å². The molecule has 3 rings (SSSR count). The van der Waals surface area contributed by atoms with Gasteiger partial charge < -0.3 is 9.80 Å². The SMILES string of the molecule is CC1CC(C)CN(C(=O)CN2CCN(C(=O)C3CC(F)(F)CN3)CC2)C1.Cl.Cl. The number of hydrogen-bond acceptors (Lipinski definition) is 4. The maximum absolute atomic E-state index is 13.3. The van der Waals surface area contributed by atoms with Crippen LogP contribution in [0.15, 0.2) is 0 Å². The van der Waals surface area contributed by atoms with E-state index in [9.17, 15) is 18.4 Å². The van der Waals surface area contributed by atoms with Crippen LogP contribution in [0, 0.1) is 11.8 Å². The Morgan fingerprint density at radius 3 is 2.07 bits per heavy atom. The van der Waals surface area contributed by atoms with Gasteiger partial charge in [-0.1, -0.05) is 13.8 Å². The molecule has 0 aromatic carbocycles. The van der Waals surface area contributed by atoms with E-state index in [4.69, 9.17) is 0 Å². The Kier molecular flexibility index (Phi) is 9.38. The first-order valence-corrected chi connectivity index (χ1v) is 9.63. The molecule has 1 N–H and O–H groups in total. The zero-order valence-corrected chi connectivity index (χ0v) is 18.2. The van der Waals surface area contributed by atoms with Gasteiger partial charge in [0, 0.05) is 45.7 Å². The van der Waals surface area contributed by atoms with Gasteiger partial charge in [0.2, 0.25) is 11.8 Å². The maximum Gasteiger partial charge on any atom is 0.262 e. The summed E-state index contributed by atoms with van der Waals surface area (Å²) in [5, 5.41) is 2.62. The number of rotatable bonds is 3. The topological polar surface area (TPSA) is 55.9 Å². The molecule has 3 atom stereocenters. The van der Waals surface area contributed by atoms with Crippen LogP contribution < -0.4 is 5.32 Å². The predicted molar refractivity (Wildman–Crippen MR) is 108 cm³/mol. The molecule has 3 heterocycles. The Morgan fingerprint density at radius 2 is 1.57 bits per heavy atom. The first-order valence-electron chi connectivity index (χ1n) is 9.63. The number of amides is 2. The number of piperidine rings is 1. The van der Waals surface area contributed by atoms with Gasteiger partial charge in [-0.2, -0.15) is 0 Å². The van der Waals surface area contributed by atoms with Crippen molar-refractivity contribution in [3.8, 4) is 0 Å². The molecule has 3 aliphatic rings. The predicted octanol–water partition coefficient (Wildman–Crippen LogP) is 1.48. The zero-order valence-electron chi connectivity index (χ0n) is 16.5. The van der Waals surface area contributed by atoms with Crippen molar-refractivity contribution >= 4 is 36.6 Å². The number of likely N-dealkylation sites (tertiary alicyclic amines) is 1. The molecule has 10 heteroatoms. The maximum atomic E-state index is 13.3. The Labute approximate surface area is 178 Å². The number of halogens is 4. The minimum absolute atomic E-state index is 0. The van der Waals surface area contributed by atoms with Gasteiger partial charge in [0.25, 0.3) is 5.92 Å². The molecule has 3 saturated heterocycles. The quantitative estimate of drug-likeness (QED) is 0.715. The van der Waals surface area contributed by atoms with E-state index >= 15 is 0 Å². The zero-order chi connectivity index (χ0) is 18.9. The minimum Gasteiger partial charge on any atom is -0.341 e. The van der Waals surface area contributed by atoms with Gasteiger partial charge in [0.1, 0.15) is 0 Å². The Bertz CT molecular complexity index is 538. The molecule has 164 valence electrons. The van der Waals surface area contributed by atoms with E-state index in [0.29, 0.717) is 44.6 Å². The highest BCUT2D eigenvalue weighted by atomic mass is 35.5. The summed E-state index contributed by atoms with van der Waals surface area (Å²) in [5.74, 6) is -1.81. The molecule has 0 aromatic rings. The van der Waals surface area contributed by atoms with E-state index in [2.05, 4.69) is 24.1 Å². The van der Waals surface area contributed by atoms with Gasteiger partial charge in [-0.3, -0.25) is 19.8 Å². The van der Waals surface area contributed by atoms with Crippen molar-refractivity contribution in [2.24, 2.45) is 11.8 Å². The lowest BCUT2D eigenvalue weighted by Crippen LogP contribution is -2.55. The average molecular weight is 445 g/mol. The fraction of sp³-hybridized carbons (Fsp3) is 0.889. The fourth-order valence-electron chi connectivity index (χ4n) is 4.39. The number of hydrogen-bond donors (Lipinski definition) is 1. The summed E-state index contributed by atoms with van der Waals surface area (Å²) in [4.78, 5) is 30.6. The number of alkyl halides is 2. The monoisotopic (exact) mass is 444 g/mol. The molecule has 0 spiro atoms. The van der Waals surface area contributed by atoms with E-state index in [1.807, 2.05) is 4.90 Å². The van der Waals surface area contributed by atoms with Gasteiger partial charge in [0.05, 0.1) is 19.1 Å². The summed E-state index contributed by atoms with van der Waals surface area (Å²) in [6.45, 7) is 8.16. The number of nitrogens with zero attached hydrogens (tertiary/aromatic N) is 3. The van der Waals surface area contributed by atoms with E-state index < -0.39 is 24.9 Å². The van der Waals surface area contributed by atoms with Crippen molar-refractivity contribution in [2.45, 2.75) is 38.7 Å². The van der Waals surface area contributed by atoms with Crippen LogP contribution in [-0.2, 0) is 9.59 Å². The van der Waals surface area contributed by atoms with Gasteiger partial charge in [0.15, 0.2) is 0 Å². The first kappa shape index (κ1) is 25.3. The van der Waals surface area contributed by atoms with Crippen molar-refractivity contribution < 1.29 is 18.4 Å². The lowest BCUT2D eigenvalue weighted by atomic mass is 9.92. The molecule has 0 aromatic heterocycles. The molecule has 28 heavy (non-hydrogen) atoms. The van der Waals surface area contributed by atoms with Gasteiger partial charge >= 0.3 is 0 Å². The van der Waals surface area contributed by atoms with E-state index in [1.54, 1.807) is 4.90 Å². The summed E-state index contributed by atoms with van der Waals surface area (Å²) in [5.41, 5.74) is 0. The first-order chi connectivity index (χ1) is 12.2. The van der Waals surface area contributed by atoms with Crippen LogP contribution in [0.5, 0.6) is 0 Å². The van der Waals surface area contributed by atoms with Crippen LogP contribution in [0.3, 0.4) is 0 Å². The molecule has 0 saturated carbocycles. The van der Waals surface area contributed by atoms with E-state index in [0.717, 1.165) is 13.1 Å². The van der Waals surface area contributed by atoms with Crippen molar-refractivity contribution in [2.75, 3.05) is 52.4 Å². The Morgan fingerprint density at radius 1 is 1.00 bits per heavy atom. The summed E-state index contributed by atoms with van der Waals surface area (Å²) in [6, 6.07) is -0.783. The molecular weight excluding hydrogens is 413 g/mol. The van der Waals surface area contributed by atoms with Crippen LogP contribution in [0.4, 0.5) is 8.78 Å². The third-order valence-electron chi connectivity index (χ3n) is 5.67. The van der Waals surface area contributed by atoms with Gasteiger partial charge in [-0.25, -0.2) is 8.78 Å². The summed E-state index contributed by atoms with van der Waals surface area (Å²) >= 11 is 0. The number of nitrogens with one attached hydrogen (secondary N) is 1. The van der Waals surface area contributed by atoms with Crippen LogP contribution >= 0.6 is 24.8 Å². The summed E-state index contributed by atoms with van der Waals surface area (Å²) in [6.07, 6.45) is 0.745.